The van der Waals surface area contributed by atoms with Crippen LogP contribution in [0.3, 0.4) is 0 Å². The number of halogens is 1. The van der Waals surface area contributed by atoms with Gasteiger partial charge in [-0.1, -0.05) is 26.3 Å². The molecule has 0 unspecified atom stereocenters. The summed E-state index contributed by atoms with van der Waals surface area (Å²) < 4.78 is 0.545. The van der Waals surface area contributed by atoms with Crippen LogP contribution in [-0.4, -0.2) is 22.9 Å². The molecular formula is C15H21BrN2O2. The number of nitro benzene ring substituents is 1. The van der Waals surface area contributed by atoms with E-state index in [1.807, 2.05) is 6.07 Å². The van der Waals surface area contributed by atoms with E-state index in [4.69, 9.17) is 0 Å². The molecule has 5 heteroatoms. The van der Waals surface area contributed by atoms with Crippen LogP contribution in [0, 0.1) is 15.5 Å². The number of piperidine rings is 1. The molecule has 1 fully saturated rings. The van der Waals surface area contributed by atoms with Crippen molar-refractivity contribution in [1.29, 1.82) is 0 Å². The van der Waals surface area contributed by atoms with Crippen molar-refractivity contribution in [2.24, 2.45) is 5.41 Å². The minimum atomic E-state index is -0.335. The van der Waals surface area contributed by atoms with Crippen LogP contribution in [0.1, 0.15) is 38.7 Å². The van der Waals surface area contributed by atoms with Crippen LogP contribution in [-0.2, 0) is 6.54 Å². The Balaban J connectivity index is 2.01. The third-order valence-electron chi connectivity index (χ3n) is 4.53. The van der Waals surface area contributed by atoms with Gasteiger partial charge in [0.1, 0.15) is 0 Å². The first-order valence-corrected chi connectivity index (χ1v) is 7.88. The molecule has 2 rings (SSSR count). The monoisotopic (exact) mass is 340 g/mol. The molecule has 1 saturated heterocycles. The Morgan fingerprint density at radius 1 is 1.40 bits per heavy atom. The van der Waals surface area contributed by atoms with Crippen molar-refractivity contribution in [3.8, 4) is 0 Å². The zero-order valence-corrected chi connectivity index (χ0v) is 13.6. The Morgan fingerprint density at radius 3 is 2.60 bits per heavy atom. The SMILES string of the molecule is CCC1(C)CCN(Cc2ccc(Br)c([N+](=O)[O-])c2)CC1. The first-order valence-electron chi connectivity index (χ1n) is 7.09. The maximum absolute atomic E-state index is 11.0. The molecule has 4 nitrogen and oxygen atoms in total. The fourth-order valence-corrected chi connectivity index (χ4v) is 3.05. The number of likely N-dealkylation sites (tertiary alicyclic amines) is 1. The summed E-state index contributed by atoms with van der Waals surface area (Å²) in [6.07, 6.45) is 3.65. The minimum absolute atomic E-state index is 0.151. The van der Waals surface area contributed by atoms with Gasteiger partial charge in [-0.2, -0.15) is 0 Å². The lowest BCUT2D eigenvalue weighted by Crippen LogP contribution is -2.37. The van der Waals surface area contributed by atoms with Gasteiger partial charge in [-0.25, -0.2) is 0 Å². The van der Waals surface area contributed by atoms with Crippen molar-refractivity contribution in [3.63, 3.8) is 0 Å². The van der Waals surface area contributed by atoms with Crippen LogP contribution in [0.15, 0.2) is 22.7 Å². The van der Waals surface area contributed by atoms with Gasteiger partial charge in [-0.15, -0.1) is 0 Å². The molecule has 1 heterocycles. The van der Waals surface area contributed by atoms with E-state index >= 15 is 0 Å². The van der Waals surface area contributed by atoms with E-state index in [0.29, 0.717) is 9.89 Å². The van der Waals surface area contributed by atoms with E-state index in [0.717, 1.165) is 25.2 Å². The Labute approximate surface area is 128 Å². The lowest BCUT2D eigenvalue weighted by Gasteiger charge is -2.38. The van der Waals surface area contributed by atoms with Crippen LogP contribution in [0.5, 0.6) is 0 Å². The normalized spacial score (nSPS) is 18.9. The van der Waals surface area contributed by atoms with E-state index in [1.54, 1.807) is 12.1 Å². The van der Waals surface area contributed by atoms with E-state index in [9.17, 15) is 10.1 Å². The highest BCUT2D eigenvalue weighted by Gasteiger charge is 2.28. The van der Waals surface area contributed by atoms with Gasteiger partial charge >= 0.3 is 0 Å². The van der Waals surface area contributed by atoms with Crippen molar-refractivity contribution in [1.82, 2.24) is 4.90 Å². The Bertz CT molecular complexity index is 497. The highest BCUT2D eigenvalue weighted by Crippen LogP contribution is 2.34. The summed E-state index contributed by atoms with van der Waals surface area (Å²) in [6.45, 7) is 7.57. The Morgan fingerprint density at radius 2 is 2.05 bits per heavy atom. The predicted octanol–water partition coefficient (Wildman–Crippen LogP) is 4.37. The number of rotatable bonds is 4. The van der Waals surface area contributed by atoms with Crippen LogP contribution >= 0.6 is 15.9 Å². The van der Waals surface area contributed by atoms with Crippen LogP contribution in [0.4, 0.5) is 5.69 Å². The summed E-state index contributed by atoms with van der Waals surface area (Å²) in [5, 5.41) is 11.0. The van der Waals surface area contributed by atoms with Gasteiger partial charge in [-0.3, -0.25) is 15.0 Å². The second kappa shape index (κ2) is 6.22. The molecule has 1 aromatic carbocycles. The minimum Gasteiger partial charge on any atom is -0.299 e. The first kappa shape index (κ1) is 15.4. The van der Waals surface area contributed by atoms with Crippen molar-refractivity contribution in [2.75, 3.05) is 13.1 Å². The van der Waals surface area contributed by atoms with Gasteiger partial charge in [0.25, 0.3) is 5.69 Å². The van der Waals surface area contributed by atoms with E-state index in [2.05, 4.69) is 34.7 Å². The van der Waals surface area contributed by atoms with Gasteiger partial charge in [-0.05, 0) is 58.9 Å². The van der Waals surface area contributed by atoms with Crippen molar-refractivity contribution in [3.05, 3.63) is 38.3 Å². The second-order valence-corrected chi connectivity index (χ2v) is 6.84. The van der Waals surface area contributed by atoms with Crippen LogP contribution in [0.25, 0.3) is 0 Å². The number of benzene rings is 1. The molecule has 1 aliphatic heterocycles. The second-order valence-electron chi connectivity index (χ2n) is 5.98. The molecule has 1 aliphatic rings. The average molecular weight is 341 g/mol. The van der Waals surface area contributed by atoms with Gasteiger partial charge in [0.05, 0.1) is 9.40 Å². The molecular weight excluding hydrogens is 320 g/mol. The summed E-state index contributed by atoms with van der Waals surface area (Å²) in [5.41, 5.74) is 1.64. The summed E-state index contributed by atoms with van der Waals surface area (Å²) in [4.78, 5) is 13.0. The molecule has 0 bridgehead atoms. The molecule has 0 radical (unpaired) electrons. The first-order chi connectivity index (χ1) is 9.43. The molecule has 0 spiro atoms. The summed E-state index contributed by atoms with van der Waals surface area (Å²) in [6, 6.07) is 5.41. The Hall–Kier alpha value is -0.940. The summed E-state index contributed by atoms with van der Waals surface area (Å²) >= 11 is 3.23. The topological polar surface area (TPSA) is 46.4 Å². The lowest BCUT2D eigenvalue weighted by atomic mass is 9.78. The van der Waals surface area contributed by atoms with Crippen LogP contribution in [0.2, 0.25) is 0 Å². The van der Waals surface area contributed by atoms with Crippen molar-refractivity contribution in [2.45, 2.75) is 39.7 Å². The lowest BCUT2D eigenvalue weighted by molar-refractivity contribution is -0.385. The van der Waals surface area contributed by atoms with E-state index in [1.165, 1.54) is 19.3 Å². The molecule has 1 aromatic rings. The highest BCUT2D eigenvalue weighted by atomic mass is 79.9. The van der Waals surface area contributed by atoms with Gasteiger partial charge in [0, 0.05) is 12.6 Å². The quantitative estimate of drug-likeness (QED) is 0.603. The van der Waals surface area contributed by atoms with Crippen molar-refractivity contribution >= 4 is 21.6 Å². The smallest absolute Gasteiger partial charge is 0.283 e. The van der Waals surface area contributed by atoms with Gasteiger partial charge < -0.3 is 0 Å². The molecule has 0 amide bonds. The molecule has 0 saturated carbocycles. The molecule has 20 heavy (non-hydrogen) atoms. The standard InChI is InChI=1S/C15H21BrN2O2/c1-3-15(2)6-8-17(9-7-15)11-12-4-5-13(16)14(10-12)18(19)20/h4-5,10H,3,6-9,11H2,1-2H3. The maximum Gasteiger partial charge on any atom is 0.283 e. The third-order valence-corrected chi connectivity index (χ3v) is 5.20. The van der Waals surface area contributed by atoms with Crippen molar-refractivity contribution < 1.29 is 4.92 Å². The number of hydrogen-bond donors (Lipinski definition) is 0. The van der Waals surface area contributed by atoms with E-state index in [-0.39, 0.29) is 10.6 Å². The maximum atomic E-state index is 11.0. The Kier molecular flexibility index (Phi) is 4.81. The molecule has 0 aliphatic carbocycles. The zero-order chi connectivity index (χ0) is 14.8. The third kappa shape index (κ3) is 3.58. The zero-order valence-electron chi connectivity index (χ0n) is 12.1. The number of hydrogen-bond acceptors (Lipinski definition) is 3. The molecule has 0 atom stereocenters. The van der Waals surface area contributed by atoms with Crippen LogP contribution < -0.4 is 0 Å². The predicted molar refractivity (Wildman–Crippen MR) is 83.7 cm³/mol. The van der Waals surface area contributed by atoms with Gasteiger partial charge in [0.15, 0.2) is 0 Å². The molecule has 0 aromatic heterocycles. The molecule has 110 valence electrons. The fourth-order valence-electron chi connectivity index (χ4n) is 2.66. The number of nitrogens with zero attached hydrogens (tertiary/aromatic N) is 2. The largest absolute Gasteiger partial charge is 0.299 e. The highest BCUT2D eigenvalue weighted by molar-refractivity contribution is 9.10. The molecule has 0 N–H and O–H groups in total. The van der Waals surface area contributed by atoms with Gasteiger partial charge in [0.2, 0.25) is 0 Å². The van der Waals surface area contributed by atoms with E-state index < -0.39 is 0 Å². The summed E-state index contributed by atoms with van der Waals surface area (Å²) in [7, 11) is 0. The summed E-state index contributed by atoms with van der Waals surface area (Å²) in [5.74, 6) is 0. The number of nitro groups is 1. The average Bonchev–Trinajstić information content (AvgIpc) is 2.43. The fraction of sp³-hybridized carbons (Fsp3) is 0.600.